The summed E-state index contributed by atoms with van der Waals surface area (Å²) in [7, 11) is 0. The summed E-state index contributed by atoms with van der Waals surface area (Å²) < 4.78 is 10.6. The van der Waals surface area contributed by atoms with E-state index in [2.05, 4.69) is 5.32 Å². The third-order valence-corrected chi connectivity index (χ3v) is 13.1. The van der Waals surface area contributed by atoms with Gasteiger partial charge < -0.3 is 25.4 Å². The van der Waals surface area contributed by atoms with Gasteiger partial charge in [-0.2, -0.15) is 0 Å². The van der Waals surface area contributed by atoms with Crippen LogP contribution in [0.4, 0.5) is 0 Å². The number of ether oxygens (including phenoxy) is 2. The second-order valence-corrected chi connectivity index (χ2v) is 19.6. The van der Waals surface area contributed by atoms with Crippen molar-refractivity contribution in [2.45, 2.75) is 142 Å². The molecule has 8 bridgehead atoms. The molecule has 2 heterocycles. The molecule has 0 aromatic heterocycles. The number of amides is 1. The topological polar surface area (TPSA) is 111 Å². The Bertz CT molecular complexity index is 1090. The molecule has 1 amide bonds. The maximum atomic E-state index is 12.7. The summed E-state index contributed by atoms with van der Waals surface area (Å²) >= 11 is 0. The zero-order chi connectivity index (χ0) is 34.4. The lowest BCUT2D eigenvalue weighted by Crippen LogP contribution is -2.53. The first-order valence-electron chi connectivity index (χ1n) is 19.7. The van der Waals surface area contributed by atoms with Crippen molar-refractivity contribution in [2.75, 3.05) is 26.2 Å². The SMILES string of the molecule is CC(C)(C)OC(=O)CC1CN(C(=O)CC2C3CC4CC(C3)CC2C4)C1.CC(C)(C)OC(=O)CC1CNC1.NC1C2CC3CC(C2)CC1C3. The molecule has 3 N–H and O–H groups in total. The van der Waals surface area contributed by atoms with Crippen LogP contribution in [0.25, 0.3) is 0 Å². The molecule has 0 unspecified atom stereocenters. The molecular formula is C40H67N3O5. The third-order valence-electron chi connectivity index (χ3n) is 13.1. The van der Waals surface area contributed by atoms with Crippen LogP contribution in [0, 0.1) is 65.1 Å². The summed E-state index contributed by atoms with van der Waals surface area (Å²) in [6.07, 6.45) is 16.2. The molecule has 0 aromatic rings. The minimum Gasteiger partial charge on any atom is -0.460 e. The molecule has 0 spiro atoms. The van der Waals surface area contributed by atoms with Gasteiger partial charge in [0.2, 0.25) is 5.91 Å². The largest absolute Gasteiger partial charge is 0.460 e. The van der Waals surface area contributed by atoms with E-state index < -0.39 is 5.60 Å². The van der Waals surface area contributed by atoms with Gasteiger partial charge in [0, 0.05) is 31.5 Å². The Hall–Kier alpha value is -1.67. The minimum atomic E-state index is -0.421. The van der Waals surface area contributed by atoms with Crippen LogP contribution in [0.2, 0.25) is 0 Å². The van der Waals surface area contributed by atoms with E-state index in [1.807, 2.05) is 46.4 Å². The molecule has 8 nitrogen and oxygen atoms in total. The predicted octanol–water partition coefficient (Wildman–Crippen LogP) is 6.35. The number of hydrogen-bond acceptors (Lipinski definition) is 7. The minimum absolute atomic E-state index is 0.0750. The summed E-state index contributed by atoms with van der Waals surface area (Å²) in [5, 5.41) is 3.12. The second-order valence-electron chi connectivity index (χ2n) is 19.6. The van der Waals surface area contributed by atoms with Gasteiger partial charge in [0.25, 0.3) is 0 Å². The summed E-state index contributed by atoms with van der Waals surface area (Å²) in [5.74, 6) is 9.14. The number of nitrogens with zero attached hydrogens (tertiary/aromatic N) is 1. The number of carbonyl (C=O) groups excluding carboxylic acids is 3. The Labute approximate surface area is 290 Å². The Kier molecular flexibility index (Phi) is 10.9. The van der Waals surface area contributed by atoms with Crippen LogP contribution < -0.4 is 11.1 Å². The molecule has 8 saturated carbocycles. The molecule has 8 heteroatoms. The van der Waals surface area contributed by atoms with Gasteiger partial charge in [0.15, 0.2) is 0 Å². The van der Waals surface area contributed by atoms with Gasteiger partial charge in [-0.25, -0.2) is 0 Å². The number of carbonyl (C=O) groups is 3. The lowest BCUT2D eigenvalue weighted by molar-refractivity contribution is -0.159. The summed E-state index contributed by atoms with van der Waals surface area (Å²) in [6, 6.07) is 0.586. The molecule has 2 saturated heterocycles. The van der Waals surface area contributed by atoms with E-state index in [0.29, 0.717) is 36.6 Å². The maximum Gasteiger partial charge on any atom is 0.306 e. The number of nitrogens with two attached hydrogens (primary N) is 1. The smallest absolute Gasteiger partial charge is 0.306 e. The fraction of sp³-hybridized carbons (Fsp3) is 0.925. The van der Waals surface area contributed by atoms with E-state index in [1.165, 1.54) is 57.8 Å². The van der Waals surface area contributed by atoms with Gasteiger partial charge in [-0.3, -0.25) is 14.4 Å². The van der Waals surface area contributed by atoms with Crippen molar-refractivity contribution < 1.29 is 23.9 Å². The van der Waals surface area contributed by atoms with Crippen LogP contribution in [0.1, 0.15) is 125 Å². The number of hydrogen-bond donors (Lipinski definition) is 2. The first-order chi connectivity index (χ1) is 22.6. The van der Waals surface area contributed by atoms with Crippen LogP contribution in [-0.4, -0.2) is 66.2 Å². The third kappa shape index (κ3) is 9.35. The number of nitrogens with one attached hydrogen (secondary N) is 1. The van der Waals surface area contributed by atoms with E-state index in [1.54, 1.807) is 6.42 Å². The molecule has 2 aliphatic heterocycles. The Morgan fingerprint density at radius 3 is 1.38 bits per heavy atom. The average molecular weight is 670 g/mol. The molecule has 0 radical (unpaired) electrons. The highest BCUT2D eigenvalue weighted by Gasteiger charge is 2.49. The fourth-order valence-electron chi connectivity index (χ4n) is 11.3. The molecule has 10 rings (SSSR count). The quantitative estimate of drug-likeness (QED) is 0.317. The monoisotopic (exact) mass is 670 g/mol. The first kappa shape index (κ1) is 36.1. The van der Waals surface area contributed by atoms with E-state index in [0.717, 1.165) is 79.9 Å². The Morgan fingerprint density at radius 1 is 0.604 bits per heavy atom. The van der Waals surface area contributed by atoms with Crippen LogP contribution >= 0.6 is 0 Å². The van der Waals surface area contributed by atoms with Crippen molar-refractivity contribution in [2.24, 2.45) is 70.8 Å². The molecule has 0 aromatic carbocycles. The highest BCUT2D eigenvalue weighted by Crippen LogP contribution is 2.57. The maximum absolute atomic E-state index is 12.7. The molecule has 8 aliphatic carbocycles. The highest BCUT2D eigenvalue weighted by atomic mass is 16.6. The summed E-state index contributed by atoms with van der Waals surface area (Å²) in [6.45, 7) is 14.8. The van der Waals surface area contributed by atoms with Crippen LogP contribution in [0.3, 0.4) is 0 Å². The van der Waals surface area contributed by atoms with Crippen molar-refractivity contribution in [1.82, 2.24) is 10.2 Å². The van der Waals surface area contributed by atoms with Crippen molar-refractivity contribution in [3.05, 3.63) is 0 Å². The van der Waals surface area contributed by atoms with Crippen molar-refractivity contribution in [1.29, 1.82) is 0 Å². The zero-order valence-corrected chi connectivity index (χ0v) is 31.0. The lowest BCUT2D eigenvalue weighted by atomic mass is 9.51. The highest BCUT2D eigenvalue weighted by molar-refractivity contribution is 5.78. The second kappa shape index (κ2) is 14.5. The van der Waals surface area contributed by atoms with Crippen LogP contribution in [0.5, 0.6) is 0 Å². The van der Waals surface area contributed by atoms with Crippen LogP contribution in [0.15, 0.2) is 0 Å². The zero-order valence-electron chi connectivity index (χ0n) is 31.0. The van der Waals surface area contributed by atoms with Crippen molar-refractivity contribution >= 4 is 17.8 Å². The van der Waals surface area contributed by atoms with Gasteiger partial charge in [-0.05, 0) is 178 Å². The first-order valence-corrected chi connectivity index (χ1v) is 19.7. The van der Waals surface area contributed by atoms with Gasteiger partial charge in [-0.15, -0.1) is 0 Å². The number of esters is 2. The van der Waals surface area contributed by atoms with Crippen molar-refractivity contribution in [3.8, 4) is 0 Å². The standard InChI is InChI=1S/C21H33NO3.C10H17N.C9H17NO2/c1-21(2,3)25-20(24)9-15-11-22(12-15)19(23)10-18-16-5-13-4-14(7-16)8-17(18)6-13;11-10-8-2-6-1-7(4-8)5-9(10)3-6;1-9(2,3)12-8(11)4-7-5-10-6-7/h13-18H,4-12H2,1-3H3;6-10H,1-5,11H2;7,10H,4-6H2,1-3H3. The number of rotatable bonds is 6. The molecule has 10 fully saturated rings. The van der Waals surface area contributed by atoms with E-state index in [4.69, 9.17) is 15.2 Å². The fourth-order valence-corrected chi connectivity index (χ4v) is 11.3. The van der Waals surface area contributed by atoms with Crippen LogP contribution in [-0.2, 0) is 23.9 Å². The summed E-state index contributed by atoms with van der Waals surface area (Å²) in [4.78, 5) is 37.8. The molecule has 48 heavy (non-hydrogen) atoms. The molecule has 10 aliphatic rings. The Balaban J connectivity index is 0.000000144. The lowest BCUT2D eigenvalue weighted by Gasteiger charge is -2.54. The molecule has 272 valence electrons. The molecular weight excluding hydrogens is 602 g/mol. The van der Waals surface area contributed by atoms with Crippen molar-refractivity contribution in [3.63, 3.8) is 0 Å². The van der Waals surface area contributed by atoms with Gasteiger partial charge >= 0.3 is 11.9 Å². The summed E-state index contributed by atoms with van der Waals surface area (Å²) in [5.41, 5.74) is 5.41. The Morgan fingerprint density at radius 2 is 1.00 bits per heavy atom. The average Bonchev–Trinajstić information content (AvgIpc) is 2.91. The van der Waals surface area contributed by atoms with E-state index >= 15 is 0 Å². The van der Waals surface area contributed by atoms with E-state index in [9.17, 15) is 14.4 Å². The van der Waals surface area contributed by atoms with Gasteiger partial charge in [0.05, 0.1) is 12.8 Å². The van der Waals surface area contributed by atoms with Gasteiger partial charge in [0.1, 0.15) is 11.2 Å². The normalized spacial score (nSPS) is 37.8. The van der Waals surface area contributed by atoms with Gasteiger partial charge in [-0.1, -0.05) is 0 Å². The van der Waals surface area contributed by atoms with E-state index in [-0.39, 0.29) is 23.5 Å². The predicted molar refractivity (Wildman–Crippen MR) is 188 cm³/mol. The number of likely N-dealkylation sites (tertiary alicyclic amines) is 1. The molecule has 0 atom stereocenters.